The molecule has 0 aromatic carbocycles. The van der Waals surface area contributed by atoms with Gasteiger partial charge in [-0.05, 0) is 27.7 Å². The Morgan fingerprint density at radius 2 is 1.05 bits per heavy atom. The largest absolute Gasteiger partial charge is 0.498 e. The molecular weight excluding hydrogens is 336 g/mol. The summed E-state index contributed by atoms with van der Waals surface area (Å²) in [6.45, 7) is 5.63. The van der Waals surface area contributed by atoms with Gasteiger partial charge in [0.1, 0.15) is 12.5 Å². The van der Waals surface area contributed by atoms with Crippen LogP contribution in [0, 0.1) is 0 Å². The Labute approximate surface area is 132 Å². The quantitative estimate of drug-likeness (QED) is 0.342. The second-order valence-corrected chi connectivity index (χ2v) is 10.1. The van der Waals surface area contributed by atoms with Crippen molar-refractivity contribution in [1.82, 2.24) is 0 Å². The molecule has 0 radical (unpaired) electrons. The lowest BCUT2D eigenvalue weighted by Gasteiger charge is -2.20. The van der Waals surface area contributed by atoms with Crippen molar-refractivity contribution in [2.24, 2.45) is 0 Å². The van der Waals surface area contributed by atoms with Gasteiger partial charge in [-0.3, -0.25) is 9.11 Å². The average Bonchev–Trinajstić information content (AvgIpc) is 2.29. The number of rotatable bonds is 10. The van der Waals surface area contributed by atoms with Gasteiger partial charge in [-0.2, -0.15) is 16.8 Å². The second kappa shape index (κ2) is 7.62. The van der Waals surface area contributed by atoms with Gasteiger partial charge in [0, 0.05) is 12.8 Å². The van der Waals surface area contributed by atoms with Gasteiger partial charge < -0.3 is 9.47 Å². The fourth-order valence-corrected chi connectivity index (χ4v) is 1.76. The smallest absolute Gasteiger partial charge is 0.270 e. The van der Waals surface area contributed by atoms with Crippen molar-refractivity contribution < 1.29 is 35.4 Å². The van der Waals surface area contributed by atoms with Gasteiger partial charge >= 0.3 is 0 Å². The summed E-state index contributed by atoms with van der Waals surface area (Å²) in [5, 5.41) is 0. The highest BCUT2D eigenvalue weighted by Crippen LogP contribution is 2.20. The molecule has 8 nitrogen and oxygen atoms in total. The van der Waals surface area contributed by atoms with E-state index in [-0.39, 0.29) is 26.1 Å². The summed E-state index contributed by atoms with van der Waals surface area (Å²) >= 11 is 0. The minimum atomic E-state index is -4.15. The zero-order valence-electron chi connectivity index (χ0n) is 13.1. The first-order chi connectivity index (χ1) is 9.71. The fourth-order valence-electron chi connectivity index (χ4n) is 1.08. The summed E-state index contributed by atoms with van der Waals surface area (Å²) in [4.78, 5) is 0. The average molecular weight is 360 g/mol. The lowest BCUT2D eigenvalue weighted by molar-refractivity contribution is 0.189. The molecule has 0 aliphatic rings. The van der Waals surface area contributed by atoms with Gasteiger partial charge in [0.2, 0.25) is 0 Å². The molecule has 0 saturated heterocycles. The Bertz CT molecular complexity index is 520. The molecular formula is C12H24O8S2. The van der Waals surface area contributed by atoms with Crippen LogP contribution < -0.4 is 0 Å². The van der Waals surface area contributed by atoms with E-state index in [0.717, 1.165) is 0 Å². The van der Waals surface area contributed by atoms with Gasteiger partial charge in [-0.1, -0.05) is 0 Å². The molecule has 2 N–H and O–H groups in total. The van der Waals surface area contributed by atoms with Gasteiger partial charge in [0.05, 0.1) is 22.7 Å². The monoisotopic (exact) mass is 360 g/mol. The van der Waals surface area contributed by atoms with Gasteiger partial charge in [0.15, 0.2) is 0 Å². The van der Waals surface area contributed by atoms with Crippen molar-refractivity contribution in [2.45, 2.75) is 50.0 Å². The Hall–Kier alpha value is -0.840. The van der Waals surface area contributed by atoms with Crippen molar-refractivity contribution in [3.63, 3.8) is 0 Å². The second-order valence-electron chi connectivity index (χ2n) is 5.98. The van der Waals surface area contributed by atoms with E-state index in [1.807, 2.05) is 0 Å². The molecule has 0 unspecified atom stereocenters. The van der Waals surface area contributed by atoms with Crippen molar-refractivity contribution in [3.8, 4) is 0 Å². The molecule has 132 valence electrons. The molecule has 0 spiro atoms. The first kappa shape index (κ1) is 21.2. The lowest BCUT2D eigenvalue weighted by Crippen LogP contribution is -2.32. The first-order valence-corrected chi connectivity index (χ1v) is 9.41. The van der Waals surface area contributed by atoms with E-state index in [4.69, 9.17) is 18.6 Å². The molecule has 22 heavy (non-hydrogen) atoms. The van der Waals surface area contributed by atoms with Crippen molar-refractivity contribution >= 4 is 20.2 Å². The Morgan fingerprint density at radius 1 is 0.773 bits per heavy atom. The summed E-state index contributed by atoms with van der Waals surface area (Å²) < 4.78 is 69.4. The van der Waals surface area contributed by atoms with Crippen LogP contribution in [0.15, 0.2) is 12.5 Å². The third-order valence-corrected chi connectivity index (χ3v) is 6.49. The molecule has 0 aromatic heterocycles. The molecule has 0 atom stereocenters. The van der Waals surface area contributed by atoms with E-state index in [0.29, 0.717) is 0 Å². The van der Waals surface area contributed by atoms with E-state index in [1.54, 1.807) is 0 Å². The SMILES string of the molecule is CC(C)(CCO/C=C/OCCC(C)(C)S(=O)(=O)O)S(=O)(=O)O. The molecule has 0 rings (SSSR count). The molecule has 0 saturated carbocycles. The van der Waals surface area contributed by atoms with Crippen molar-refractivity contribution in [3.05, 3.63) is 12.5 Å². The molecule has 10 heteroatoms. The first-order valence-electron chi connectivity index (χ1n) is 6.53. The van der Waals surface area contributed by atoms with Crippen LogP contribution in [-0.4, -0.2) is 48.6 Å². The van der Waals surface area contributed by atoms with Gasteiger partial charge in [-0.15, -0.1) is 0 Å². The van der Waals surface area contributed by atoms with E-state index in [9.17, 15) is 16.8 Å². The normalized spacial score (nSPS) is 14.3. The van der Waals surface area contributed by atoms with E-state index < -0.39 is 29.7 Å². The van der Waals surface area contributed by atoms with Crippen LogP contribution in [0.1, 0.15) is 40.5 Å². The highest BCUT2D eigenvalue weighted by Gasteiger charge is 2.32. The Kier molecular flexibility index (Phi) is 7.33. The minimum absolute atomic E-state index is 0.0587. The van der Waals surface area contributed by atoms with Crippen molar-refractivity contribution in [1.29, 1.82) is 0 Å². The van der Waals surface area contributed by atoms with Crippen LogP contribution in [-0.2, 0) is 29.7 Å². The van der Waals surface area contributed by atoms with Crippen LogP contribution in [0.4, 0.5) is 0 Å². The highest BCUT2D eigenvalue weighted by atomic mass is 32.2. The topological polar surface area (TPSA) is 127 Å². The van der Waals surface area contributed by atoms with Crippen molar-refractivity contribution in [2.75, 3.05) is 13.2 Å². The molecule has 0 aliphatic carbocycles. The Morgan fingerprint density at radius 3 is 1.27 bits per heavy atom. The molecule has 0 fully saturated rings. The third-order valence-electron chi connectivity index (χ3n) is 3.29. The van der Waals surface area contributed by atoms with Gasteiger partial charge in [0.25, 0.3) is 20.2 Å². The maximum atomic E-state index is 11.0. The standard InChI is InChI=1S/C12H24O8S2/c1-11(2,21(13,14)15)5-7-19-9-10-20-8-6-12(3,4)22(16,17)18/h9-10H,5-8H2,1-4H3,(H,13,14,15)(H,16,17,18)/b10-9+. The molecule has 0 amide bonds. The highest BCUT2D eigenvalue weighted by molar-refractivity contribution is 7.87. The minimum Gasteiger partial charge on any atom is -0.498 e. The third kappa shape index (κ3) is 6.95. The van der Waals surface area contributed by atoms with Crippen LogP contribution in [0.5, 0.6) is 0 Å². The summed E-state index contributed by atoms with van der Waals surface area (Å²) in [6.07, 6.45) is 2.57. The predicted molar refractivity (Wildman–Crippen MR) is 81.5 cm³/mol. The van der Waals surface area contributed by atoms with Gasteiger partial charge in [-0.25, -0.2) is 0 Å². The fraction of sp³-hybridized carbons (Fsp3) is 0.833. The maximum Gasteiger partial charge on any atom is 0.270 e. The lowest BCUT2D eigenvalue weighted by atomic mass is 10.1. The Balaban J connectivity index is 4.01. The van der Waals surface area contributed by atoms with Crippen LogP contribution in [0.2, 0.25) is 0 Å². The predicted octanol–water partition coefficient (Wildman–Crippen LogP) is 1.60. The van der Waals surface area contributed by atoms with Crippen LogP contribution >= 0.6 is 0 Å². The van der Waals surface area contributed by atoms with Crippen LogP contribution in [0.3, 0.4) is 0 Å². The summed E-state index contributed by atoms with van der Waals surface area (Å²) in [5.74, 6) is 0. The summed E-state index contributed by atoms with van der Waals surface area (Å²) in [5.41, 5.74) is 0. The molecule has 0 heterocycles. The number of ether oxygens (including phenoxy) is 2. The molecule has 0 aromatic rings. The van der Waals surface area contributed by atoms with E-state index >= 15 is 0 Å². The number of hydrogen-bond acceptors (Lipinski definition) is 6. The maximum absolute atomic E-state index is 11.0. The van der Waals surface area contributed by atoms with Crippen LogP contribution in [0.25, 0.3) is 0 Å². The zero-order valence-corrected chi connectivity index (χ0v) is 14.8. The van der Waals surface area contributed by atoms with E-state index in [1.165, 1.54) is 40.2 Å². The molecule has 0 bridgehead atoms. The molecule has 0 aliphatic heterocycles. The zero-order chi connectivity index (χ0) is 17.7. The summed E-state index contributed by atoms with van der Waals surface area (Å²) in [7, 11) is -8.30. The summed E-state index contributed by atoms with van der Waals surface area (Å²) in [6, 6.07) is 0. The number of hydrogen-bond donors (Lipinski definition) is 2. The van der Waals surface area contributed by atoms with E-state index in [2.05, 4.69) is 0 Å².